The molecule has 1 unspecified atom stereocenters. The number of benzene rings is 1. The number of carbonyl (C=O) groups excluding carboxylic acids is 1. The first-order valence-corrected chi connectivity index (χ1v) is 9.17. The molecule has 21 heavy (non-hydrogen) atoms. The molecule has 0 radical (unpaired) electrons. The Morgan fingerprint density at radius 1 is 1.38 bits per heavy atom. The van der Waals surface area contributed by atoms with E-state index in [1.54, 1.807) is 11.8 Å². The van der Waals surface area contributed by atoms with Crippen LogP contribution in [0.2, 0.25) is 0 Å². The zero-order valence-electron chi connectivity index (χ0n) is 12.1. The number of fused-ring (bicyclic) bond motifs is 1. The minimum absolute atomic E-state index is 0.0567. The second-order valence-corrected chi connectivity index (χ2v) is 8.06. The van der Waals surface area contributed by atoms with Crippen molar-refractivity contribution in [3.8, 4) is 0 Å². The molecule has 0 spiro atoms. The van der Waals surface area contributed by atoms with Gasteiger partial charge in [-0.2, -0.15) is 0 Å². The third-order valence-corrected chi connectivity index (χ3v) is 6.03. The van der Waals surface area contributed by atoms with Crippen LogP contribution in [-0.4, -0.2) is 49.9 Å². The second-order valence-electron chi connectivity index (χ2n) is 5.83. The van der Waals surface area contributed by atoms with E-state index < -0.39 is 9.84 Å². The van der Waals surface area contributed by atoms with E-state index in [9.17, 15) is 13.2 Å². The molecule has 0 aliphatic carbocycles. The molecule has 1 saturated heterocycles. The van der Waals surface area contributed by atoms with E-state index in [1.165, 1.54) is 5.56 Å². The number of nitrogens with zero attached hydrogens (tertiary/aromatic N) is 1. The molecular weight excluding hydrogens is 288 g/mol. The van der Waals surface area contributed by atoms with E-state index in [-0.39, 0.29) is 30.0 Å². The van der Waals surface area contributed by atoms with Gasteiger partial charge in [-0.25, -0.2) is 8.42 Å². The van der Waals surface area contributed by atoms with Gasteiger partial charge in [0.25, 0.3) is 5.91 Å². The molecule has 0 aromatic heterocycles. The van der Waals surface area contributed by atoms with Crippen molar-refractivity contribution >= 4 is 21.4 Å². The van der Waals surface area contributed by atoms with E-state index in [2.05, 4.69) is 5.32 Å². The molecule has 1 amide bonds. The zero-order chi connectivity index (χ0) is 15.0. The quantitative estimate of drug-likeness (QED) is 0.849. The number of para-hydroxylation sites is 1. The van der Waals surface area contributed by atoms with Crippen molar-refractivity contribution in [1.82, 2.24) is 4.90 Å². The van der Waals surface area contributed by atoms with Gasteiger partial charge in [-0.05, 0) is 31.4 Å². The maximum Gasteiger partial charge on any atom is 0.256 e. The van der Waals surface area contributed by atoms with Crippen molar-refractivity contribution in [3.63, 3.8) is 0 Å². The molecule has 1 aromatic rings. The van der Waals surface area contributed by atoms with Crippen LogP contribution in [0.25, 0.3) is 0 Å². The minimum Gasteiger partial charge on any atom is -0.384 e. The topological polar surface area (TPSA) is 66.5 Å². The molecule has 0 saturated carbocycles. The van der Waals surface area contributed by atoms with Crippen LogP contribution in [0.15, 0.2) is 18.2 Å². The lowest BCUT2D eigenvalue weighted by Gasteiger charge is -2.34. The van der Waals surface area contributed by atoms with E-state index in [0.29, 0.717) is 5.56 Å². The number of rotatable bonds is 1. The van der Waals surface area contributed by atoms with Crippen LogP contribution < -0.4 is 5.32 Å². The summed E-state index contributed by atoms with van der Waals surface area (Å²) in [4.78, 5) is 14.5. The van der Waals surface area contributed by atoms with Crippen LogP contribution in [-0.2, 0) is 16.3 Å². The van der Waals surface area contributed by atoms with Crippen molar-refractivity contribution in [2.24, 2.45) is 0 Å². The van der Waals surface area contributed by atoms with Crippen molar-refractivity contribution in [2.75, 3.05) is 29.9 Å². The fraction of sp³-hybridized carbons (Fsp3) is 0.533. The summed E-state index contributed by atoms with van der Waals surface area (Å²) in [7, 11) is -3.01. The average Bonchev–Trinajstić information content (AvgIpc) is 2.45. The van der Waals surface area contributed by atoms with Crippen LogP contribution in [0.1, 0.15) is 29.3 Å². The van der Waals surface area contributed by atoms with Crippen LogP contribution in [0.4, 0.5) is 5.69 Å². The number of hydrogen-bond donors (Lipinski definition) is 1. The number of hydrogen-bond acceptors (Lipinski definition) is 4. The van der Waals surface area contributed by atoms with E-state index in [1.807, 2.05) is 18.2 Å². The van der Waals surface area contributed by atoms with Gasteiger partial charge in [-0.1, -0.05) is 12.1 Å². The van der Waals surface area contributed by atoms with Crippen molar-refractivity contribution < 1.29 is 13.2 Å². The molecule has 1 atom stereocenters. The first-order valence-electron chi connectivity index (χ1n) is 7.35. The zero-order valence-corrected chi connectivity index (χ0v) is 12.9. The third-order valence-electron chi connectivity index (χ3n) is 4.24. The second kappa shape index (κ2) is 5.33. The van der Waals surface area contributed by atoms with Gasteiger partial charge in [0.15, 0.2) is 9.84 Å². The van der Waals surface area contributed by atoms with E-state index in [4.69, 9.17) is 0 Å². The van der Waals surface area contributed by atoms with E-state index in [0.717, 1.165) is 25.1 Å². The van der Waals surface area contributed by atoms with Gasteiger partial charge < -0.3 is 10.2 Å². The van der Waals surface area contributed by atoms with Crippen molar-refractivity contribution in [1.29, 1.82) is 0 Å². The molecule has 6 heteroatoms. The standard InChI is InChI=1S/C15H20N2O3S/c1-11-10-21(19,20)9-8-17(11)15(18)13-6-2-4-12-5-3-7-16-14(12)13/h2,4,6,11,16H,3,5,7-10H2,1H3. The van der Waals surface area contributed by atoms with Crippen LogP contribution in [0.3, 0.4) is 0 Å². The molecular formula is C15H20N2O3S. The summed E-state index contributed by atoms with van der Waals surface area (Å²) < 4.78 is 23.3. The SMILES string of the molecule is CC1CS(=O)(=O)CCN1C(=O)c1cccc2c1NCCC2. The van der Waals surface area contributed by atoms with Crippen molar-refractivity contribution in [3.05, 3.63) is 29.3 Å². The lowest BCUT2D eigenvalue weighted by molar-refractivity contribution is 0.0713. The lowest BCUT2D eigenvalue weighted by Crippen LogP contribution is -2.49. The summed E-state index contributed by atoms with van der Waals surface area (Å²) in [5, 5.41) is 3.32. The number of carbonyl (C=O) groups is 1. The third kappa shape index (κ3) is 2.77. The van der Waals surface area contributed by atoms with E-state index >= 15 is 0 Å². The Morgan fingerprint density at radius 3 is 2.95 bits per heavy atom. The fourth-order valence-corrected chi connectivity index (χ4v) is 4.70. The van der Waals surface area contributed by atoms with Crippen LogP contribution >= 0.6 is 0 Å². The van der Waals surface area contributed by atoms with Crippen molar-refractivity contribution in [2.45, 2.75) is 25.8 Å². The molecule has 2 aliphatic heterocycles. The predicted molar refractivity (Wildman–Crippen MR) is 82.4 cm³/mol. The molecule has 1 fully saturated rings. The summed E-state index contributed by atoms with van der Waals surface area (Å²) in [6, 6.07) is 5.51. The number of aryl methyl sites for hydroxylation is 1. The normalized spacial score (nSPS) is 24.0. The number of sulfone groups is 1. The molecule has 0 bridgehead atoms. The van der Waals surface area contributed by atoms with Gasteiger partial charge >= 0.3 is 0 Å². The Morgan fingerprint density at radius 2 is 2.19 bits per heavy atom. The summed E-state index contributed by atoms with van der Waals surface area (Å²) in [5.74, 6) is 0.0517. The van der Waals surface area contributed by atoms with Crippen LogP contribution in [0, 0.1) is 0 Å². The smallest absolute Gasteiger partial charge is 0.256 e. The highest BCUT2D eigenvalue weighted by Crippen LogP contribution is 2.28. The molecule has 3 rings (SSSR count). The Kier molecular flexibility index (Phi) is 3.65. The highest BCUT2D eigenvalue weighted by Gasteiger charge is 2.33. The highest BCUT2D eigenvalue weighted by molar-refractivity contribution is 7.91. The first kappa shape index (κ1) is 14.4. The number of amides is 1. The fourth-order valence-electron chi connectivity index (χ4n) is 3.14. The summed E-state index contributed by atoms with van der Waals surface area (Å²) >= 11 is 0. The first-order chi connectivity index (χ1) is 9.98. The molecule has 1 aromatic carbocycles. The Bertz CT molecular complexity index is 669. The number of anilines is 1. The highest BCUT2D eigenvalue weighted by atomic mass is 32.2. The minimum atomic E-state index is -3.01. The van der Waals surface area contributed by atoms with Gasteiger partial charge in [0, 0.05) is 19.1 Å². The summed E-state index contributed by atoms with van der Waals surface area (Å²) in [6.45, 7) is 2.96. The molecule has 1 N–H and O–H groups in total. The van der Waals surface area contributed by atoms with Crippen LogP contribution in [0.5, 0.6) is 0 Å². The van der Waals surface area contributed by atoms with Gasteiger partial charge in [-0.15, -0.1) is 0 Å². The molecule has 114 valence electrons. The van der Waals surface area contributed by atoms with Gasteiger partial charge in [0.05, 0.1) is 22.8 Å². The largest absolute Gasteiger partial charge is 0.384 e. The Labute approximate surface area is 125 Å². The lowest BCUT2D eigenvalue weighted by atomic mass is 9.98. The van der Waals surface area contributed by atoms with Gasteiger partial charge in [0.1, 0.15) is 0 Å². The maximum atomic E-state index is 12.8. The Balaban J connectivity index is 1.89. The average molecular weight is 308 g/mol. The summed E-state index contributed by atoms with van der Waals surface area (Å²) in [5.41, 5.74) is 2.76. The van der Waals surface area contributed by atoms with Gasteiger partial charge in [0.2, 0.25) is 0 Å². The Hall–Kier alpha value is -1.56. The molecule has 2 heterocycles. The van der Waals surface area contributed by atoms with Gasteiger partial charge in [-0.3, -0.25) is 4.79 Å². The monoisotopic (exact) mass is 308 g/mol. The maximum absolute atomic E-state index is 12.8. The predicted octanol–water partition coefficient (Wildman–Crippen LogP) is 1.30. The number of nitrogens with one attached hydrogen (secondary N) is 1. The molecule has 2 aliphatic rings. The summed E-state index contributed by atoms with van der Waals surface area (Å²) in [6.07, 6.45) is 2.05. The molecule has 5 nitrogen and oxygen atoms in total.